The Balaban J connectivity index is 2.20. The molecule has 0 aliphatic carbocycles. The lowest BCUT2D eigenvalue weighted by Crippen LogP contribution is -2.07. The van der Waals surface area contributed by atoms with Crippen LogP contribution in [0.4, 0.5) is 11.4 Å². The quantitative estimate of drug-likeness (QED) is 0.697. The zero-order chi connectivity index (χ0) is 12.3. The second-order valence-electron chi connectivity index (χ2n) is 3.92. The minimum absolute atomic E-state index is 0.411. The van der Waals surface area contributed by atoms with Crippen molar-refractivity contribution in [3.63, 3.8) is 0 Å². The van der Waals surface area contributed by atoms with Crippen molar-refractivity contribution in [1.29, 1.82) is 0 Å². The number of para-hydroxylation sites is 1. The van der Waals surface area contributed by atoms with E-state index in [1.807, 2.05) is 18.2 Å². The van der Waals surface area contributed by atoms with Crippen LogP contribution in [0, 0.1) is 0 Å². The highest BCUT2D eigenvalue weighted by molar-refractivity contribution is 5.50. The summed E-state index contributed by atoms with van der Waals surface area (Å²) in [7, 11) is 0. The van der Waals surface area contributed by atoms with Crippen molar-refractivity contribution in [3.8, 4) is 0 Å². The molecule has 0 fully saturated rings. The number of rotatable bonds is 3. The zero-order valence-electron chi connectivity index (χ0n) is 9.38. The van der Waals surface area contributed by atoms with Crippen LogP contribution in [-0.2, 0) is 6.42 Å². The Morgan fingerprint density at radius 3 is 2.59 bits per heavy atom. The number of hydrogen-bond acceptors (Lipinski definition) is 4. The van der Waals surface area contributed by atoms with E-state index in [9.17, 15) is 5.11 Å². The highest BCUT2D eigenvalue weighted by Gasteiger charge is 2.12. The maximum atomic E-state index is 10.1. The summed E-state index contributed by atoms with van der Waals surface area (Å²) in [6, 6.07) is 8.99. The van der Waals surface area contributed by atoms with Crippen LogP contribution in [-0.4, -0.2) is 10.1 Å². The lowest BCUT2D eigenvalue weighted by molar-refractivity contribution is 0.179. The van der Waals surface area contributed by atoms with Crippen LogP contribution < -0.4 is 11.5 Å². The van der Waals surface area contributed by atoms with Gasteiger partial charge in [-0.05, 0) is 17.7 Å². The van der Waals surface area contributed by atoms with Crippen LogP contribution in [0.1, 0.15) is 17.2 Å². The molecular formula is C13H15N3O. The number of hydrogen-bond donors (Lipinski definition) is 3. The highest BCUT2D eigenvalue weighted by Crippen LogP contribution is 2.24. The molecule has 0 radical (unpaired) electrons. The van der Waals surface area contributed by atoms with Gasteiger partial charge in [0.2, 0.25) is 0 Å². The molecule has 0 bridgehead atoms. The smallest absolute Gasteiger partial charge is 0.0851 e. The number of anilines is 2. The summed E-state index contributed by atoms with van der Waals surface area (Å²) in [5.74, 6) is 0. The molecule has 1 aromatic heterocycles. The van der Waals surface area contributed by atoms with E-state index in [2.05, 4.69) is 4.98 Å². The summed E-state index contributed by atoms with van der Waals surface area (Å²) in [5, 5.41) is 10.1. The van der Waals surface area contributed by atoms with E-state index in [-0.39, 0.29) is 0 Å². The van der Waals surface area contributed by atoms with Gasteiger partial charge in [-0.25, -0.2) is 0 Å². The third-order valence-electron chi connectivity index (χ3n) is 2.71. The predicted molar refractivity (Wildman–Crippen MR) is 68.2 cm³/mol. The van der Waals surface area contributed by atoms with Crippen LogP contribution in [0.2, 0.25) is 0 Å². The fourth-order valence-electron chi connectivity index (χ4n) is 1.74. The van der Waals surface area contributed by atoms with Crippen molar-refractivity contribution < 1.29 is 5.11 Å². The van der Waals surface area contributed by atoms with Crippen LogP contribution in [0.15, 0.2) is 42.7 Å². The largest absolute Gasteiger partial charge is 0.398 e. The third-order valence-corrected chi connectivity index (χ3v) is 2.71. The molecule has 0 aliphatic heterocycles. The SMILES string of the molecule is Nc1ccncc1CC(O)c1ccccc1N. The van der Waals surface area contributed by atoms with Gasteiger partial charge in [0.1, 0.15) is 0 Å². The number of aliphatic hydroxyl groups excluding tert-OH is 1. The third kappa shape index (κ3) is 2.54. The van der Waals surface area contributed by atoms with Crippen LogP contribution in [0.25, 0.3) is 0 Å². The Hall–Kier alpha value is -2.07. The molecule has 0 saturated carbocycles. The van der Waals surface area contributed by atoms with Crippen LogP contribution in [0.3, 0.4) is 0 Å². The van der Waals surface area contributed by atoms with Crippen molar-refractivity contribution >= 4 is 11.4 Å². The topological polar surface area (TPSA) is 85.2 Å². The average Bonchev–Trinajstić information content (AvgIpc) is 2.32. The second kappa shape index (κ2) is 4.84. The summed E-state index contributed by atoms with van der Waals surface area (Å²) >= 11 is 0. The average molecular weight is 229 g/mol. The first-order valence-electron chi connectivity index (χ1n) is 5.39. The van der Waals surface area contributed by atoms with Gasteiger partial charge in [0.05, 0.1) is 6.10 Å². The molecule has 1 aromatic carbocycles. The van der Waals surface area contributed by atoms with Crippen LogP contribution in [0.5, 0.6) is 0 Å². The summed E-state index contributed by atoms with van der Waals surface area (Å²) < 4.78 is 0. The maximum absolute atomic E-state index is 10.1. The first-order valence-corrected chi connectivity index (χ1v) is 5.39. The predicted octanol–water partition coefficient (Wildman–Crippen LogP) is 1.52. The van der Waals surface area contributed by atoms with Crippen molar-refractivity contribution in [1.82, 2.24) is 4.98 Å². The number of nitrogens with two attached hydrogens (primary N) is 2. The summed E-state index contributed by atoms with van der Waals surface area (Å²) in [4.78, 5) is 3.99. The van der Waals surface area contributed by atoms with Crippen molar-refractivity contribution in [2.75, 3.05) is 11.5 Å². The highest BCUT2D eigenvalue weighted by atomic mass is 16.3. The van der Waals surface area contributed by atoms with E-state index >= 15 is 0 Å². The van der Waals surface area contributed by atoms with Gasteiger partial charge in [-0.3, -0.25) is 4.98 Å². The lowest BCUT2D eigenvalue weighted by Gasteiger charge is -2.14. The Labute approximate surface area is 99.9 Å². The van der Waals surface area contributed by atoms with Gasteiger partial charge in [-0.15, -0.1) is 0 Å². The lowest BCUT2D eigenvalue weighted by atomic mass is 10.0. The van der Waals surface area contributed by atoms with E-state index in [4.69, 9.17) is 11.5 Å². The molecule has 5 N–H and O–H groups in total. The minimum Gasteiger partial charge on any atom is -0.398 e. The fraction of sp³-hybridized carbons (Fsp3) is 0.154. The standard InChI is InChI=1S/C13H15N3O/c14-11-5-6-16-8-9(11)7-13(17)10-3-1-2-4-12(10)15/h1-6,8,13,17H,7,15H2,(H2,14,16). The number of benzene rings is 1. The molecule has 4 heteroatoms. The normalized spacial score (nSPS) is 12.3. The summed E-state index contributed by atoms with van der Waals surface area (Å²) in [6.07, 6.45) is 3.04. The second-order valence-corrected chi connectivity index (χ2v) is 3.92. The number of nitrogen functional groups attached to an aromatic ring is 2. The number of pyridine rings is 1. The Kier molecular flexibility index (Phi) is 3.25. The number of aromatic nitrogens is 1. The van der Waals surface area contributed by atoms with Crippen LogP contribution >= 0.6 is 0 Å². The number of nitrogens with zero attached hydrogens (tertiary/aromatic N) is 1. The van der Waals surface area contributed by atoms with Gasteiger partial charge in [0, 0.05) is 35.8 Å². The van der Waals surface area contributed by atoms with Gasteiger partial charge in [-0.1, -0.05) is 18.2 Å². The van der Waals surface area contributed by atoms with E-state index in [1.54, 1.807) is 24.5 Å². The van der Waals surface area contributed by atoms with Gasteiger partial charge in [0.15, 0.2) is 0 Å². The van der Waals surface area contributed by atoms with E-state index in [0.717, 1.165) is 11.1 Å². The summed E-state index contributed by atoms with van der Waals surface area (Å²) in [5.41, 5.74) is 14.4. The zero-order valence-corrected chi connectivity index (χ0v) is 9.38. The molecule has 0 saturated heterocycles. The first kappa shape index (κ1) is 11.4. The van der Waals surface area contributed by atoms with E-state index < -0.39 is 6.10 Å². The van der Waals surface area contributed by atoms with Gasteiger partial charge in [-0.2, -0.15) is 0 Å². The molecule has 1 heterocycles. The van der Waals surface area contributed by atoms with Gasteiger partial charge in [0.25, 0.3) is 0 Å². The van der Waals surface area contributed by atoms with Crippen molar-refractivity contribution in [3.05, 3.63) is 53.9 Å². The van der Waals surface area contributed by atoms with Crippen molar-refractivity contribution in [2.24, 2.45) is 0 Å². The van der Waals surface area contributed by atoms with E-state index in [1.165, 1.54) is 0 Å². The van der Waals surface area contributed by atoms with Crippen molar-refractivity contribution in [2.45, 2.75) is 12.5 Å². The summed E-state index contributed by atoms with van der Waals surface area (Å²) in [6.45, 7) is 0. The number of aliphatic hydroxyl groups is 1. The minimum atomic E-state index is -0.664. The molecular weight excluding hydrogens is 214 g/mol. The molecule has 2 rings (SSSR count). The Morgan fingerprint density at radius 2 is 1.88 bits per heavy atom. The molecule has 1 unspecified atom stereocenters. The van der Waals surface area contributed by atoms with E-state index in [0.29, 0.717) is 17.8 Å². The molecule has 0 aliphatic rings. The Bertz CT molecular complexity index is 514. The monoisotopic (exact) mass is 229 g/mol. The molecule has 2 aromatic rings. The van der Waals surface area contributed by atoms with Gasteiger partial charge < -0.3 is 16.6 Å². The first-order chi connectivity index (χ1) is 8.18. The van der Waals surface area contributed by atoms with Gasteiger partial charge >= 0.3 is 0 Å². The molecule has 1 atom stereocenters. The molecule has 4 nitrogen and oxygen atoms in total. The Morgan fingerprint density at radius 1 is 1.12 bits per heavy atom. The molecule has 17 heavy (non-hydrogen) atoms. The molecule has 88 valence electrons. The maximum Gasteiger partial charge on any atom is 0.0851 e. The fourth-order valence-corrected chi connectivity index (χ4v) is 1.74. The molecule has 0 spiro atoms. The molecule has 0 amide bonds.